The number of methoxy groups -OCH3 is 2. The third kappa shape index (κ3) is 4.07. The number of benzene rings is 1. The van der Waals surface area contributed by atoms with Gasteiger partial charge in [-0.1, -0.05) is 6.92 Å². The highest BCUT2D eigenvalue weighted by atomic mass is 16.5. The largest absolute Gasteiger partial charge is 0.493 e. The summed E-state index contributed by atoms with van der Waals surface area (Å²) in [4.78, 5) is 19.2. The van der Waals surface area contributed by atoms with E-state index in [1.807, 2.05) is 18.3 Å². The van der Waals surface area contributed by atoms with E-state index in [1.165, 1.54) is 12.8 Å². The predicted octanol–water partition coefficient (Wildman–Crippen LogP) is 3.59. The molecular formula is C20H25N3O3. The van der Waals surface area contributed by atoms with Crippen molar-refractivity contribution in [3.63, 3.8) is 0 Å². The molecule has 2 aromatic rings. The minimum absolute atomic E-state index is 0.238. The van der Waals surface area contributed by atoms with Gasteiger partial charge in [0.15, 0.2) is 11.5 Å². The number of carbonyl (C=O) groups excluding carboxylic acids is 1. The number of hydrogen-bond donors (Lipinski definition) is 1. The highest BCUT2D eigenvalue weighted by molar-refractivity contribution is 6.04. The van der Waals surface area contributed by atoms with Crippen LogP contribution >= 0.6 is 0 Å². The molecule has 26 heavy (non-hydrogen) atoms. The van der Waals surface area contributed by atoms with E-state index in [0.29, 0.717) is 28.8 Å². The molecule has 1 N–H and O–H groups in total. The summed E-state index contributed by atoms with van der Waals surface area (Å²) < 4.78 is 10.4. The molecule has 2 heterocycles. The van der Waals surface area contributed by atoms with Gasteiger partial charge < -0.3 is 19.7 Å². The summed E-state index contributed by atoms with van der Waals surface area (Å²) in [6, 6.07) is 8.90. The highest BCUT2D eigenvalue weighted by Gasteiger charge is 2.17. The Morgan fingerprint density at radius 1 is 1.19 bits per heavy atom. The second-order valence-corrected chi connectivity index (χ2v) is 6.62. The van der Waals surface area contributed by atoms with Crippen LogP contribution in [-0.2, 0) is 0 Å². The standard InChI is InChI=1S/C20H25N3O3/c1-14-5-4-10-23(13-14)16-7-9-19(21-12-16)22-20(24)15-6-8-17(25-2)18(11-15)26-3/h6-9,11-12,14H,4-5,10,13H2,1-3H3,(H,21,22,24). The Labute approximate surface area is 154 Å². The van der Waals surface area contributed by atoms with E-state index in [1.54, 1.807) is 32.4 Å². The lowest BCUT2D eigenvalue weighted by atomic mass is 10.00. The topological polar surface area (TPSA) is 63.7 Å². The fourth-order valence-corrected chi connectivity index (χ4v) is 3.24. The Hall–Kier alpha value is -2.76. The molecule has 0 spiro atoms. The van der Waals surface area contributed by atoms with Crippen LogP contribution in [0.3, 0.4) is 0 Å². The molecule has 1 fully saturated rings. The SMILES string of the molecule is COc1ccc(C(=O)Nc2ccc(N3CCCC(C)C3)cn2)cc1OC. The van der Waals surface area contributed by atoms with Crippen molar-refractivity contribution in [3.8, 4) is 11.5 Å². The molecule has 1 amide bonds. The molecule has 1 atom stereocenters. The van der Waals surface area contributed by atoms with Gasteiger partial charge in [-0.3, -0.25) is 4.79 Å². The molecule has 6 nitrogen and oxygen atoms in total. The van der Waals surface area contributed by atoms with Crippen molar-refractivity contribution in [1.82, 2.24) is 4.98 Å². The van der Waals surface area contributed by atoms with Gasteiger partial charge in [-0.15, -0.1) is 0 Å². The third-order valence-corrected chi connectivity index (χ3v) is 4.66. The van der Waals surface area contributed by atoms with Crippen molar-refractivity contribution >= 4 is 17.4 Å². The number of amides is 1. The molecule has 1 aromatic carbocycles. The minimum atomic E-state index is -0.238. The van der Waals surface area contributed by atoms with E-state index in [-0.39, 0.29) is 5.91 Å². The lowest BCUT2D eigenvalue weighted by molar-refractivity contribution is 0.102. The molecule has 6 heteroatoms. The van der Waals surface area contributed by atoms with E-state index in [4.69, 9.17) is 9.47 Å². The van der Waals surface area contributed by atoms with Crippen LogP contribution < -0.4 is 19.7 Å². The lowest BCUT2D eigenvalue weighted by Crippen LogP contribution is -2.34. The van der Waals surface area contributed by atoms with E-state index in [2.05, 4.69) is 22.1 Å². The number of nitrogens with one attached hydrogen (secondary N) is 1. The quantitative estimate of drug-likeness (QED) is 0.888. The first kappa shape index (κ1) is 18.0. The Balaban J connectivity index is 1.68. The van der Waals surface area contributed by atoms with Gasteiger partial charge in [0, 0.05) is 18.7 Å². The van der Waals surface area contributed by atoms with Crippen LogP contribution in [0, 0.1) is 5.92 Å². The normalized spacial score (nSPS) is 16.9. The van der Waals surface area contributed by atoms with E-state index in [9.17, 15) is 4.79 Å². The molecule has 0 aliphatic carbocycles. The Bertz CT molecular complexity index is 761. The summed E-state index contributed by atoms with van der Waals surface area (Å²) in [6.45, 7) is 4.39. The maximum atomic E-state index is 12.5. The zero-order valence-electron chi connectivity index (χ0n) is 15.5. The molecule has 138 valence electrons. The number of ether oxygens (including phenoxy) is 2. The number of nitrogens with zero attached hydrogens (tertiary/aromatic N) is 2. The van der Waals surface area contributed by atoms with Gasteiger partial charge in [-0.25, -0.2) is 4.98 Å². The van der Waals surface area contributed by atoms with Crippen molar-refractivity contribution in [2.45, 2.75) is 19.8 Å². The van der Waals surface area contributed by atoms with Gasteiger partial charge in [0.1, 0.15) is 5.82 Å². The second-order valence-electron chi connectivity index (χ2n) is 6.62. The minimum Gasteiger partial charge on any atom is -0.493 e. The maximum Gasteiger partial charge on any atom is 0.256 e. The van der Waals surface area contributed by atoms with Crippen molar-refractivity contribution in [2.75, 3.05) is 37.5 Å². The van der Waals surface area contributed by atoms with Gasteiger partial charge in [0.25, 0.3) is 5.91 Å². The summed E-state index contributed by atoms with van der Waals surface area (Å²) in [5.41, 5.74) is 1.58. The zero-order chi connectivity index (χ0) is 18.5. The fraction of sp³-hybridized carbons (Fsp3) is 0.400. The smallest absolute Gasteiger partial charge is 0.256 e. The number of aromatic nitrogens is 1. The average molecular weight is 355 g/mol. The first-order chi connectivity index (χ1) is 12.6. The fourth-order valence-electron chi connectivity index (χ4n) is 3.24. The van der Waals surface area contributed by atoms with Gasteiger partial charge >= 0.3 is 0 Å². The van der Waals surface area contributed by atoms with Crippen molar-refractivity contribution in [1.29, 1.82) is 0 Å². The molecule has 0 radical (unpaired) electrons. The van der Waals surface area contributed by atoms with Crippen molar-refractivity contribution < 1.29 is 14.3 Å². The number of carbonyl (C=O) groups is 1. The van der Waals surface area contributed by atoms with Crippen molar-refractivity contribution in [3.05, 3.63) is 42.1 Å². The van der Waals surface area contributed by atoms with Gasteiger partial charge in [0.05, 0.1) is 26.1 Å². The number of pyridine rings is 1. The lowest BCUT2D eigenvalue weighted by Gasteiger charge is -2.32. The number of hydrogen-bond acceptors (Lipinski definition) is 5. The maximum absolute atomic E-state index is 12.5. The van der Waals surface area contributed by atoms with Crippen LogP contribution in [0.15, 0.2) is 36.5 Å². The van der Waals surface area contributed by atoms with Crippen LogP contribution in [0.2, 0.25) is 0 Å². The number of rotatable bonds is 5. The van der Waals surface area contributed by atoms with Gasteiger partial charge in [0.2, 0.25) is 0 Å². The van der Waals surface area contributed by atoms with Crippen LogP contribution in [0.1, 0.15) is 30.1 Å². The zero-order valence-corrected chi connectivity index (χ0v) is 15.5. The van der Waals surface area contributed by atoms with Gasteiger partial charge in [-0.2, -0.15) is 0 Å². The van der Waals surface area contributed by atoms with Crippen LogP contribution in [0.4, 0.5) is 11.5 Å². The molecule has 1 saturated heterocycles. The molecule has 1 aliphatic heterocycles. The molecule has 1 unspecified atom stereocenters. The third-order valence-electron chi connectivity index (χ3n) is 4.66. The first-order valence-electron chi connectivity index (χ1n) is 8.85. The predicted molar refractivity (Wildman–Crippen MR) is 102 cm³/mol. The van der Waals surface area contributed by atoms with Crippen LogP contribution in [0.25, 0.3) is 0 Å². The van der Waals surface area contributed by atoms with Gasteiger partial charge in [-0.05, 0) is 49.1 Å². The van der Waals surface area contributed by atoms with Crippen LogP contribution in [-0.4, -0.2) is 38.2 Å². The summed E-state index contributed by atoms with van der Waals surface area (Å²) >= 11 is 0. The summed E-state index contributed by atoms with van der Waals surface area (Å²) in [5, 5.41) is 2.82. The molecular weight excluding hydrogens is 330 g/mol. The Kier molecular flexibility index (Phi) is 5.61. The highest BCUT2D eigenvalue weighted by Crippen LogP contribution is 2.28. The number of piperidine rings is 1. The Morgan fingerprint density at radius 3 is 2.65 bits per heavy atom. The van der Waals surface area contributed by atoms with E-state index < -0.39 is 0 Å². The first-order valence-corrected chi connectivity index (χ1v) is 8.85. The Morgan fingerprint density at radius 2 is 2.00 bits per heavy atom. The summed E-state index contributed by atoms with van der Waals surface area (Å²) in [6.07, 6.45) is 4.31. The summed E-state index contributed by atoms with van der Waals surface area (Å²) in [7, 11) is 3.10. The number of anilines is 2. The van der Waals surface area contributed by atoms with Crippen molar-refractivity contribution in [2.24, 2.45) is 5.92 Å². The van der Waals surface area contributed by atoms with E-state index in [0.717, 1.165) is 18.8 Å². The molecule has 0 bridgehead atoms. The monoisotopic (exact) mass is 355 g/mol. The average Bonchev–Trinajstić information content (AvgIpc) is 2.68. The summed E-state index contributed by atoms with van der Waals surface area (Å²) in [5.74, 6) is 2.09. The van der Waals surface area contributed by atoms with Crippen LogP contribution in [0.5, 0.6) is 11.5 Å². The molecule has 0 saturated carbocycles. The molecule has 1 aliphatic rings. The van der Waals surface area contributed by atoms with E-state index >= 15 is 0 Å². The molecule has 3 rings (SSSR count). The second kappa shape index (κ2) is 8.08. The molecule has 1 aromatic heterocycles.